The van der Waals surface area contributed by atoms with Crippen molar-refractivity contribution >= 4 is 23.7 Å². The van der Waals surface area contributed by atoms with Gasteiger partial charge in [-0.05, 0) is 38.1 Å². The molecule has 0 radical (unpaired) electrons. The van der Waals surface area contributed by atoms with Crippen LogP contribution in [-0.4, -0.2) is 22.9 Å². The van der Waals surface area contributed by atoms with Crippen molar-refractivity contribution in [1.82, 2.24) is 4.31 Å². The zero-order chi connectivity index (χ0) is 14.4. The monoisotopic (exact) mass is 290 g/mol. The molecule has 0 spiro atoms. The summed E-state index contributed by atoms with van der Waals surface area (Å²) in [6.45, 7) is 4.73. The molecule has 106 valence electrons. The predicted molar refractivity (Wildman–Crippen MR) is 83.2 cm³/mol. The predicted octanol–water partition coefficient (Wildman–Crippen LogP) is 3.61. The van der Waals surface area contributed by atoms with Crippen molar-refractivity contribution in [2.24, 2.45) is 0 Å². The summed E-state index contributed by atoms with van der Waals surface area (Å²) in [4.78, 5) is 11.9. The van der Waals surface area contributed by atoms with Gasteiger partial charge < -0.3 is 9.46 Å². The van der Waals surface area contributed by atoms with E-state index >= 15 is 0 Å². The largest absolute Gasteiger partial charge is 0.497 e. The number of benzene rings is 1. The molecule has 3 rings (SSSR count). The van der Waals surface area contributed by atoms with E-state index in [4.69, 9.17) is 4.74 Å². The molecule has 0 aromatic heterocycles. The summed E-state index contributed by atoms with van der Waals surface area (Å²) in [5, 5.41) is 0. The summed E-state index contributed by atoms with van der Waals surface area (Å²) in [5.41, 5.74) is 1.65. The van der Waals surface area contributed by atoms with Crippen molar-refractivity contribution in [3.8, 4) is 0 Å². The highest BCUT2D eigenvalue weighted by atomic mass is 32.2. The van der Waals surface area contributed by atoms with Crippen LogP contribution in [0.1, 0.15) is 24.2 Å². The minimum absolute atomic E-state index is 0.0827. The van der Waals surface area contributed by atoms with Crippen molar-refractivity contribution in [1.29, 1.82) is 0 Å². The van der Waals surface area contributed by atoms with Crippen LogP contribution in [0.15, 0.2) is 48.8 Å². The van der Waals surface area contributed by atoms with Crippen LogP contribution < -0.4 is 4.72 Å². The molecule has 20 heavy (non-hydrogen) atoms. The van der Waals surface area contributed by atoms with Gasteiger partial charge in [0.2, 0.25) is 0 Å². The highest BCUT2D eigenvalue weighted by Gasteiger charge is 2.26. The summed E-state index contributed by atoms with van der Waals surface area (Å²) in [6.07, 6.45) is 7.47. The standard InChI is InChI=1S/C10H12N2OS.C5H6O/c1-7(2)12-10(13)8-5-3-4-6-9(8)11-14-12;1-2-4-6-5-3-1/h3-7,11H,1-2H3;1-4H,5H2. The molecular weight excluding hydrogens is 272 g/mol. The average Bonchev–Trinajstić information content (AvgIpc) is 2.50. The lowest BCUT2D eigenvalue weighted by Gasteiger charge is -2.30. The molecule has 0 saturated heterocycles. The van der Waals surface area contributed by atoms with Crippen molar-refractivity contribution in [2.75, 3.05) is 11.3 Å². The first-order valence-corrected chi connectivity index (χ1v) is 7.26. The first-order valence-electron chi connectivity index (χ1n) is 6.49. The number of hydrogen-bond donors (Lipinski definition) is 1. The van der Waals surface area contributed by atoms with Gasteiger partial charge in [0.1, 0.15) is 6.61 Å². The summed E-state index contributed by atoms with van der Waals surface area (Å²) >= 11 is 1.36. The molecule has 1 aromatic rings. The normalized spacial score (nSPS) is 15.9. The van der Waals surface area contributed by atoms with E-state index < -0.39 is 0 Å². The van der Waals surface area contributed by atoms with E-state index in [0.717, 1.165) is 17.9 Å². The van der Waals surface area contributed by atoms with E-state index in [1.165, 1.54) is 12.1 Å². The third kappa shape index (κ3) is 3.57. The Morgan fingerprint density at radius 2 is 2.10 bits per heavy atom. The van der Waals surface area contributed by atoms with Crippen LogP contribution >= 0.6 is 12.1 Å². The first-order chi connectivity index (χ1) is 9.70. The number of allylic oxidation sites excluding steroid dienone is 2. The number of amides is 1. The Morgan fingerprint density at radius 3 is 2.65 bits per heavy atom. The van der Waals surface area contributed by atoms with Gasteiger partial charge >= 0.3 is 0 Å². The minimum atomic E-state index is 0.0827. The van der Waals surface area contributed by atoms with Crippen molar-refractivity contribution < 1.29 is 9.53 Å². The number of ether oxygens (including phenoxy) is 1. The van der Waals surface area contributed by atoms with Crippen LogP contribution in [0.2, 0.25) is 0 Å². The zero-order valence-corrected chi connectivity index (χ0v) is 12.4. The molecule has 0 unspecified atom stereocenters. The molecule has 0 atom stereocenters. The number of nitrogens with zero attached hydrogens (tertiary/aromatic N) is 1. The molecule has 0 fully saturated rings. The van der Waals surface area contributed by atoms with E-state index in [-0.39, 0.29) is 11.9 Å². The fraction of sp³-hybridized carbons (Fsp3) is 0.267. The topological polar surface area (TPSA) is 41.6 Å². The van der Waals surface area contributed by atoms with Gasteiger partial charge in [0, 0.05) is 6.04 Å². The lowest BCUT2D eigenvalue weighted by Crippen LogP contribution is -2.35. The van der Waals surface area contributed by atoms with E-state index in [0.29, 0.717) is 0 Å². The molecule has 1 amide bonds. The van der Waals surface area contributed by atoms with Crippen molar-refractivity contribution in [3.63, 3.8) is 0 Å². The van der Waals surface area contributed by atoms with Crippen LogP contribution in [0.3, 0.4) is 0 Å². The van der Waals surface area contributed by atoms with E-state index in [1.54, 1.807) is 10.6 Å². The highest BCUT2D eigenvalue weighted by molar-refractivity contribution is 7.99. The number of rotatable bonds is 1. The molecule has 0 aliphatic carbocycles. The number of carbonyl (C=O) groups is 1. The molecule has 2 heterocycles. The van der Waals surface area contributed by atoms with E-state index in [9.17, 15) is 4.79 Å². The smallest absolute Gasteiger partial charge is 0.267 e. The van der Waals surface area contributed by atoms with Gasteiger partial charge in [0.05, 0.1) is 29.6 Å². The summed E-state index contributed by atoms with van der Waals surface area (Å²) < 4.78 is 9.69. The molecule has 4 nitrogen and oxygen atoms in total. The lowest BCUT2D eigenvalue weighted by atomic mass is 10.1. The van der Waals surface area contributed by atoms with Crippen LogP contribution in [-0.2, 0) is 4.74 Å². The third-order valence-electron chi connectivity index (χ3n) is 2.70. The van der Waals surface area contributed by atoms with Gasteiger partial charge in [-0.3, -0.25) is 9.10 Å². The van der Waals surface area contributed by atoms with Gasteiger partial charge in [0.15, 0.2) is 0 Å². The van der Waals surface area contributed by atoms with Crippen LogP contribution in [0.4, 0.5) is 5.69 Å². The second-order valence-corrected chi connectivity index (χ2v) is 5.33. The van der Waals surface area contributed by atoms with Gasteiger partial charge in [-0.1, -0.05) is 18.2 Å². The van der Waals surface area contributed by atoms with E-state index in [2.05, 4.69) is 4.72 Å². The molecule has 2 aliphatic heterocycles. The minimum Gasteiger partial charge on any atom is -0.497 e. The Hall–Kier alpha value is -1.88. The fourth-order valence-corrected chi connectivity index (χ4v) is 2.47. The SMILES string of the molecule is C1=CCOC=C1.CC(C)N1SNc2ccccc2C1=O. The number of nitrogens with one attached hydrogen (secondary N) is 1. The first kappa shape index (κ1) is 14.5. The van der Waals surface area contributed by atoms with Crippen LogP contribution in [0.25, 0.3) is 0 Å². The third-order valence-corrected chi connectivity index (χ3v) is 3.79. The number of hydrogen-bond acceptors (Lipinski definition) is 4. The number of para-hydroxylation sites is 1. The molecule has 0 saturated carbocycles. The molecule has 1 aromatic carbocycles. The second kappa shape index (κ2) is 7.05. The number of anilines is 1. The Bertz CT molecular complexity index is 514. The Kier molecular flexibility index (Phi) is 5.12. The Balaban J connectivity index is 0.000000205. The maximum atomic E-state index is 11.9. The second-order valence-electron chi connectivity index (χ2n) is 4.55. The fourth-order valence-electron chi connectivity index (χ4n) is 1.70. The van der Waals surface area contributed by atoms with Crippen molar-refractivity contribution in [2.45, 2.75) is 19.9 Å². The Labute approximate surface area is 123 Å². The Morgan fingerprint density at radius 1 is 1.30 bits per heavy atom. The lowest BCUT2D eigenvalue weighted by molar-refractivity contribution is 0.0847. The van der Waals surface area contributed by atoms with Gasteiger partial charge in [-0.25, -0.2) is 0 Å². The molecule has 2 aliphatic rings. The van der Waals surface area contributed by atoms with Gasteiger partial charge in [0.25, 0.3) is 5.91 Å². The molecule has 0 bridgehead atoms. The van der Waals surface area contributed by atoms with E-state index in [1.807, 2.05) is 56.3 Å². The highest BCUT2D eigenvalue weighted by Crippen LogP contribution is 2.30. The van der Waals surface area contributed by atoms with Crippen LogP contribution in [0, 0.1) is 0 Å². The number of fused-ring (bicyclic) bond motifs is 1. The maximum absolute atomic E-state index is 11.9. The maximum Gasteiger partial charge on any atom is 0.267 e. The summed E-state index contributed by atoms with van der Waals surface area (Å²) in [6, 6.07) is 7.77. The van der Waals surface area contributed by atoms with Crippen LogP contribution in [0.5, 0.6) is 0 Å². The summed E-state index contributed by atoms with van der Waals surface area (Å²) in [5.74, 6) is 0.0827. The number of carbonyl (C=O) groups excluding carboxylic acids is 1. The molecule has 1 N–H and O–H groups in total. The van der Waals surface area contributed by atoms with Gasteiger partial charge in [-0.2, -0.15) is 0 Å². The molecule has 5 heteroatoms. The average molecular weight is 290 g/mol. The quantitative estimate of drug-likeness (QED) is 0.802. The van der Waals surface area contributed by atoms with Gasteiger partial charge in [-0.15, -0.1) is 0 Å². The van der Waals surface area contributed by atoms with Crippen molar-refractivity contribution in [3.05, 3.63) is 54.3 Å². The summed E-state index contributed by atoms with van der Waals surface area (Å²) in [7, 11) is 0. The molecular formula is C15H18N2O2S. The zero-order valence-electron chi connectivity index (χ0n) is 11.6.